The standard InChI is InChI=1S/C29H35N3O6S/c1-21-9-7-10-23(19-21)32(39(4,35)36)18-8-13-28(33)31-25-12-6-5-11-24(25)29(34)30-17-16-22-14-15-26(37-2)27(20-22)38-3/h5-7,9-12,14-15,19-20H,8,13,16-18H2,1-4H3,(H,30,34)(H,31,33). The maximum absolute atomic E-state index is 12.9. The molecule has 0 aliphatic heterocycles. The molecule has 3 rings (SSSR count). The lowest BCUT2D eigenvalue weighted by Crippen LogP contribution is -2.31. The Morgan fingerprint density at radius 1 is 0.923 bits per heavy atom. The quantitative estimate of drug-likeness (QED) is 0.328. The molecule has 9 nitrogen and oxygen atoms in total. The topological polar surface area (TPSA) is 114 Å². The van der Waals surface area contributed by atoms with Crippen molar-refractivity contribution < 1.29 is 27.5 Å². The molecule has 208 valence electrons. The number of hydrogen-bond acceptors (Lipinski definition) is 6. The van der Waals surface area contributed by atoms with Crippen molar-refractivity contribution in [3.8, 4) is 11.5 Å². The van der Waals surface area contributed by atoms with E-state index in [2.05, 4.69) is 10.6 Å². The summed E-state index contributed by atoms with van der Waals surface area (Å²) in [5, 5.41) is 5.68. The highest BCUT2D eigenvalue weighted by Gasteiger charge is 2.18. The molecular formula is C29H35N3O6S. The molecule has 0 bridgehead atoms. The number of amides is 2. The summed E-state index contributed by atoms with van der Waals surface area (Å²) in [4.78, 5) is 25.6. The van der Waals surface area contributed by atoms with E-state index in [0.29, 0.717) is 47.8 Å². The van der Waals surface area contributed by atoms with Crippen molar-refractivity contribution in [2.75, 3.05) is 43.2 Å². The molecule has 0 spiro atoms. The molecule has 0 aromatic heterocycles. The van der Waals surface area contributed by atoms with E-state index in [1.165, 1.54) is 4.31 Å². The summed E-state index contributed by atoms with van der Waals surface area (Å²) in [6, 6.07) is 19.6. The van der Waals surface area contributed by atoms with Crippen LogP contribution in [-0.2, 0) is 21.2 Å². The van der Waals surface area contributed by atoms with Gasteiger partial charge < -0.3 is 20.1 Å². The van der Waals surface area contributed by atoms with Crippen molar-refractivity contribution in [3.05, 3.63) is 83.4 Å². The van der Waals surface area contributed by atoms with Gasteiger partial charge in [0.2, 0.25) is 15.9 Å². The molecule has 0 aliphatic rings. The molecule has 10 heteroatoms. The van der Waals surface area contributed by atoms with Gasteiger partial charge in [-0.25, -0.2) is 8.42 Å². The molecule has 0 atom stereocenters. The Kier molecular flexibility index (Phi) is 10.3. The SMILES string of the molecule is COc1ccc(CCNC(=O)c2ccccc2NC(=O)CCCN(c2cccc(C)c2)S(C)(=O)=O)cc1OC. The number of nitrogens with zero attached hydrogens (tertiary/aromatic N) is 1. The van der Waals surface area contributed by atoms with Crippen LogP contribution in [0.15, 0.2) is 66.7 Å². The Morgan fingerprint density at radius 3 is 2.36 bits per heavy atom. The average Bonchev–Trinajstić information content (AvgIpc) is 2.90. The number of ether oxygens (including phenoxy) is 2. The maximum atomic E-state index is 12.9. The van der Waals surface area contributed by atoms with Crippen LogP contribution in [0.3, 0.4) is 0 Å². The van der Waals surface area contributed by atoms with Gasteiger partial charge in [0.15, 0.2) is 11.5 Å². The number of benzene rings is 3. The van der Waals surface area contributed by atoms with E-state index in [0.717, 1.165) is 17.4 Å². The van der Waals surface area contributed by atoms with Crippen LogP contribution in [-0.4, -0.2) is 53.8 Å². The van der Waals surface area contributed by atoms with Gasteiger partial charge >= 0.3 is 0 Å². The van der Waals surface area contributed by atoms with Gasteiger partial charge in [-0.3, -0.25) is 13.9 Å². The Hall–Kier alpha value is -4.05. The summed E-state index contributed by atoms with van der Waals surface area (Å²) in [6.45, 7) is 2.44. The smallest absolute Gasteiger partial charge is 0.253 e. The minimum atomic E-state index is -3.51. The second-order valence-electron chi connectivity index (χ2n) is 9.07. The van der Waals surface area contributed by atoms with E-state index in [9.17, 15) is 18.0 Å². The number of sulfonamides is 1. The van der Waals surface area contributed by atoms with Crippen LogP contribution in [0, 0.1) is 6.92 Å². The van der Waals surface area contributed by atoms with Gasteiger partial charge in [0.05, 0.1) is 37.4 Å². The molecule has 0 heterocycles. The Labute approximate surface area is 230 Å². The number of carbonyl (C=O) groups is 2. The van der Waals surface area contributed by atoms with Crippen LogP contribution in [0.5, 0.6) is 11.5 Å². The molecule has 0 radical (unpaired) electrons. The minimum Gasteiger partial charge on any atom is -0.493 e. The van der Waals surface area contributed by atoms with Crippen LogP contribution >= 0.6 is 0 Å². The maximum Gasteiger partial charge on any atom is 0.253 e. The number of methoxy groups -OCH3 is 2. The molecule has 3 aromatic carbocycles. The zero-order valence-electron chi connectivity index (χ0n) is 22.7. The predicted molar refractivity (Wildman–Crippen MR) is 153 cm³/mol. The Morgan fingerprint density at radius 2 is 1.67 bits per heavy atom. The van der Waals surface area contributed by atoms with E-state index in [1.807, 2.05) is 31.2 Å². The van der Waals surface area contributed by atoms with Crippen molar-refractivity contribution in [2.24, 2.45) is 0 Å². The number of carbonyl (C=O) groups excluding carboxylic acids is 2. The fraction of sp³-hybridized carbons (Fsp3) is 0.310. The van der Waals surface area contributed by atoms with E-state index in [1.54, 1.807) is 56.7 Å². The molecule has 39 heavy (non-hydrogen) atoms. The minimum absolute atomic E-state index is 0.0904. The second-order valence-corrected chi connectivity index (χ2v) is 11.0. The van der Waals surface area contributed by atoms with Crippen LogP contribution in [0.25, 0.3) is 0 Å². The highest BCUT2D eigenvalue weighted by atomic mass is 32.2. The van der Waals surface area contributed by atoms with Crippen molar-refractivity contribution in [1.82, 2.24) is 5.32 Å². The van der Waals surface area contributed by atoms with Gasteiger partial charge in [-0.1, -0.05) is 30.3 Å². The first kappa shape index (κ1) is 29.5. The summed E-state index contributed by atoms with van der Waals surface area (Å²) >= 11 is 0. The van der Waals surface area contributed by atoms with Gasteiger partial charge in [-0.05, 0) is 67.3 Å². The molecular weight excluding hydrogens is 518 g/mol. The summed E-state index contributed by atoms with van der Waals surface area (Å²) in [5.41, 5.74) is 3.22. The summed E-state index contributed by atoms with van der Waals surface area (Å²) in [6.07, 6.45) is 2.13. The lowest BCUT2D eigenvalue weighted by molar-refractivity contribution is -0.116. The first-order chi connectivity index (χ1) is 18.6. The van der Waals surface area contributed by atoms with Crippen molar-refractivity contribution in [3.63, 3.8) is 0 Å². The molecule has 0 fully saturated rings. The fourth-order valence-corrected chi connectivity index (χ4v) is 5.06. The van der Waals surface area contributed by atoms with Gasteiger partial charge in [-0.2, -0.15) is 0 Å². The lowest BCUT2D eigenvalue weighted by Gasteiger charge is -2.22. The summed E-state index contributed by atoms with van der Waals surface area (Å²) in [7, 11) is -0.368. The molecule has 0 unspecified atom stereocenters. The van der Waals surface area contributed by atoms with Crippen molar-refractivity contribution in [2.45, 2.75) is 26.2 Å². The number of hydrogen-bond donors (Lipinski definition) is 2. The van der Waals surface area contributed by atoms with E-state index >= 15 is 0 Å². The summed E-state index contributed by atoms with van der Waals surface area (Å²) < 4.78 is 36.6. The van der Waals surface area contributed by atoms with Gasteiger partial charge in [0, 0.05) is 19.5 Å². The van der Waals surface area contributed by atoms with Crippen LogP contribution < -0.4 is 24.4 Å². The first-order valence-electron chi connectivity index (χ1n) is 12.5. The van der Waals surface area contributed by atoms with Gasteiger partial charge in [0.1, 0.15) is 0 Å². The molecule has 0 aliphatic carbocycles. The monoisotopic (exact) mass is 553 g/mol. The molecule has 2 amide bonds. The van der Waals surface area contributed by atoms with E-state index in [-0.39, 0.29) is 24.8 Å². The highest BCUT2D eigenvalue weighted by Crippen LogP contribution is 2.27. The van der Waals surface area contributed by atoms with E-state index < -0.39 is 10.0 Å². The zero-order valence-corrected chi connectivity index (χ0v) is 23.5. The third kappa shape index (κ3) is 8.47. The van der Waals surface area contributed by atoms with E-state index in [4.69, 9.17) is 9.47 Å². The fourth-order valence-electron chi connectivity index (χ4n) is 4.11. The van der Waals surface area contributed by atoms with Crippen LogP contribution in [0.1, 0.15) is 34.3 Å². The van der Waals surface area contributed by atoms with Gasteiger partial charge in [0.25, 0.3) is 5.91 Å². The van der Waals surface area contributed by atoms with Gasteiger partial charge in [-0.15, -0.1) is 0 Å². The lowest BCUT2D eigenvalue weighted by atomic mass is 10.1. The average molecular weight is 554 g/mol. The van der Waals surface area contributed by atoms with Crippen molar-refractivity contribution >= 4 is 33.2 Å². The predicted octanol–water partition coefficient (Wildman–Crippen LogP) is 4.17. The van der Waals surface area contributed by atoms with Crippen LogP contribution in [0.4, 0.5) is 11.4 Å². The molecule has 0 saturated heterocycles. The first-order valence-corrected chi connectivity index (χ1v) is 14.4. The number of nitrogens with one attached hydrogen (secondary N) is 2. The molecule has 2 N–H and O–H groups in total. The number of rotatable bonds is 13. The number of anilines is 2. The Bertz CT molecular complexity index is 1410. The largest absolute Gasteiger partial charge is 0.493 e. The zero-order chi connectivity index (χ0) is 28.4. The summed E-state index contributed by atoms with van der Waals surface area (Å²) in [5.74, 6) is 0.634. The third-order valence-electron chi connectivity index (χ3n) is 6.05. The molecule has 3 aromatic rings. The second kappa shape index (κ2) is 13.7. The number of para-hydroxylation sites is 1. The molecule has 0 saturated carbocycles. The Balaban J connectivity index is 1.56. The van der Waals surface area contributed by atoms with Crippen LogP contribution in [0.2, 0.25) is 0 Å². The van der Waals surface area contributed by atoms with Crippen molar-refractivity contribution in [1.29, 1.82) is 0 Å². The highest BCUT2D eigenvalue weighted by molar-refractivity contribution is 7.92. The normalized spacial score (nSPS) is 11.0. The third-order valence-corrected chi connectivity index (χ3v) is 7.24. The number of aryl methyl sites for hydroxylation is 1.